The van der Waals surface area contributed by atoms with Gasteiger partial charge in [0.1, 0.15) is 0 Å². The zero-order chi connectivity index (χ0) is 27.4. The Kier molecular flexibility index (Phi) is 7.28. The van der Waals surface area contributed by atoms with E-state index in [4.69, 9.17) is 0 Å². The smallest absolute Gasteiger partial charge is 0.224 e. The number of fused-ring (bicyclic) bond motifs is 5. The molecule has 1 aromatic carbocycles. The van der Waals surface area contributed by atoms with Crippen molar-refractivity contribution in [1.29, 1.82) is 0 Å². The third-order valence-electron chi connectivity index (χ3n) is 12.1. The van der Waals surface area contributed by atoms with Gasteiger partial charge in [0.25, 0.3) is 0 Å². The van der Waals surface area contributed by atoms with Gasteiger partial charge in [-0.15, -0.1) is 0 Å². The van der Waals surface area contributed by atoms with E-state index in [2.05, 4.69) is 45.0 Å². The Labute approximate surface area is 229 Å². The first-order chi connectivity index (χ1) is 18.0. The van der Waals surface area contributed by atoms with Crippen molar-refractivity contribution in [2.75, 3.05) is 12.4 Å². The van der Waals surface area contributed by atoms with E-state index in [1.54, 1.807) is 19.1 Å². The molecule has 208 valence electrons. The average molecular weight is 521 g/mol. The molecule has 1 unspecified atom stereocenters. The van der Waals surface area contributed by atoms with E-state index in [1.807, 2.05) is 12.1 Å². The Morgan fingerprint density at radius 2 is 1.74 bits per heavy atom. The zero-order valence-electron chi connectivity index (χ0n) is 24.4. The van der Waals surface area contributed by atoms with E-state index in [-0.39, 0.29) is 17.1 Å². The van der Waals surface area contributed by atoms with Crippen LogP contribution in [0.5, 0.6) is 0 Å². The maximum absolute atomic E-state index is 12.8. The molecule has 1 N–H and O–H groups in total. The molecule has 4 fully saturated rings. The monoisotopic (exact) mass is 520 g/mol. The Hall–Kier alpha value is -2.17. The average Bonchev–Trinajstić information content (AvgIpc) is 3.24. The highest BCUT2D eigenvalue weighted by Crippen LogP contribution is 2.68. The van der Waals surface area contributed by atoms with Crippen LogP contribution in [0.25, 0.3) is 0 Å². The van der Waals surface area contributed by atoms with E-state index in [0.717, 1.165) is 42.7 Å². The first-order valence-electron chi connectivity index (χ1n) is 15.1. The number of carbonyl (C=O) groups excluding carboxylic acids is 3. The lowest BCUT2D eigenvalue weighted by Gasteiger charge is -2.64. The first-order valence-corrected chi connectivity index (χ1v) is 15.1. The molecule has 0 aromatic heterocycles. The fourth-order valence-electron chi connectivity index (χ4n) is 10.0. The van der Waals surface area contributed by atoms with Crippen LogP contribution in [0.15, 0.2) is 24.3 Å². The van der Waals surface area contributed by atoms with Gasteiger partial charge in [0, 0.05) is 37.2 Å². The number of ketones is 1. The Morgan fingerprint density at radius 1 is 1.05 bits per heavy atom. The third kappa shape index (κ3) is 4.52. The van der Waals surface area contributed by atoms with Gasteiger partial charge in [0.15, 0.2) is 5.78 Å². The van der Waals surface area contributed by atoms with Crippen LogP contribution in [0.2, 0.25) is 0 Å². The van der Waals surface area contributed by atoms with E-state index >= 15 is 0 Å². The van der Waals surface area contributed by atoms with E-state index in [0.29, 0.717) is 53.5 Å². The van der Waals surface area contributed by atoms with Crippen LogP contribution in [0.3, 0.4) is 0 Å². The lowest BCUT2D eigenvalue weighted by Crippen LogP contribution is -2.63. The maximum atomic E-state index is 12.8. The normalized spacial score (nSPS) is 39.1. The molecular formula is C33H48N2O3. The summed E-state index contributed by atoms with van der Waals surface area (Å²) in [6.07, 6.45) is 9.56. The molecule has 38 heavy (non-hydrogen) atoms. The number of amides is 2. The van der Waals surface area contributed by atoms with Crippen molar-refractivity contribution < 1.29 is 14.4 Å². The van der Waals surface area contributed by atoms with Crippen molar-refractivity contribution in [3.8, 4) is 0 Å². The number of hydrogen-bond acceptors (Lipinski definition) is 3. The molecule has 5 heteroatoms. The summed E-state index contributed by atoms with van der Waals surface area (Å²) in [5.41, 5.74) is 2.03. The highest BCUT2D eigenvalue weighted by Gasteiger charge is 2.63. The molecule has 0 bridgehead atoms. The largest absolute Gasteiger partial charge is 0.342 e. The fraction of sp³-hybridized carbons (Fsp3) is 0.727. The predicted molar refractivity (Wildman–Crippen MR) is 152 cm³/mol. The van der Waals surface area contributed by atoms with Gasteiger partial charge in [0.2, 0.25) is 11.8 Å². The molecule has 2 amide bonds. The van der Waals surface area contributed by atoms with Crippen LogP contribution >= 0.6 is 0 Å². The van der Waals surface area contributed by atoms with Crippen LogP contribution in [0, 0.1) is 46.3 Å². The second-order valence-electron chi connectivity index (χ2n) is 14.0. The van der Waals surface area contributed by atoms with Gasteiger partial charge < -0.3 is 10.2 Å². The standard InChI is InChI=1S/C33H48N2O3/c1-20(7-14-29(37)34-24-10-8-23(9-11-24)22(3)36)25-12-13-26-31-21(2)19-28-33(5,18-16-30(38)35(28)6)27(31)15-17-32(25,26)4/h8-11,20-21,25-28,31H,7,12-19H2,1-6H3,(H,34,37)/t20-,21?,25-,26+,27+,28-,31+,32-,33-/m1/s1. The molecule has 9 atom stereocenters. The summed E-state index contributed by atoms with van der Waals surface area (Å²) in [4.78, 5) is 38.9. The van der Waals surface area contributed by atoms with Crippen molar-refractivity contribution in [3.63, 3.8) is 0 Å². The summed E-state index contributed by atoms with van der Waals surface area (Å²) in [5.74, 6) is 4.53. The SMILES string of the molecule is CC(=O)c1ccc(NC(=O)CC[C@@H](C)[C@H]2CC[C@H]3[C@@H]4C(C)C[C@H]5N(C)C(=O)CC[C@]5(C)[C@H]4CC[C@]23C)cc1. The van der Waals surface area contributed by atoms with Gasteiger partial charge in [0.05, 0.1) is 0 Å². The molecule has 1 saturated heterocycles. The highest BCUT2D eigenvalue weighted by molar-refractivity contribution is 5.95. The number of benzene rings is 1. The molecule has 3 aliphatic carbocycles. The van der Waals surface area contributed by atoms with E-state index in [9.17, 15) is 14.4 Å². The van der Waals surface area contributed by atoms with Crippen molar-refractivity contribution in [2.24, 2.45) is 46.3 Å². The number of Topliss-reactive ketones (excluding diaryl/α,β-unsaturated/α-hetero) is 1. The molecular weight excluding hydrogens is 472 g/mol. The molecule has 5 nitrogen and oxygen atoms in total. The van der Waals surface area contributed by atoms with Crippen LogP contribution in [-0.2, 0) is 9.59 Å². The van der Waals surface area contributed by atoms with Gasteiger partial charge in [-0.05, 0) is 122 Å². The summed E-state index contributed by atoms with van der Waals surface area (Å²) in [6, 6.07) is 7.58. The third-order valence-corrected chi connectivity index (χ3v) is 12.1. The van der Waals surface area contributed by atoms with E-state index in [1.165, 1.54) is 25.7 Å². The number of rotatable bonds is 6. The van der Waals surface area contributed by atoms with Crippen molar-refractivity contribution in [2.45, 2.75) is 98.4 Å². The minimum absolute atomic E-state index is 0.0341. The van der Waals surface area contributed by atoms with Gasteiger partial charge in [-0.25, -0.2) is 0 Å². The molecule has 1 aliphatic heterocycles. The summed E-state index contributed by atoms with van der Waals surface area (Å²) < 4.78 is 0. The molecule has 3 saturated carbocycles. The van der Waals surface area contributed by atoms with Gasteiger partial charge in [-0.3, -0.25) is 14.4 Å². The Balaban J connectivity index is 1.23. The molecule has 1 aromatic rings. The minimum atomic E-state index is 0.0341. The summed E-state index contributed by atoms with van der Waals surface area (Å²) in [5, 5.41) is 3.02. The summed E-state index contributed by atoms with van der Waals surface area (Å²) in [7, 11) is 2.05. The number of hydrogen-bond donors (Lipinski definition) is 1. The van der Waals surface area contributed by atoms with Crippen LogP contribution in [-0.4, -0.2) is 35.6 Å². The number of piperidine rings is 1. The van der Waals surface area contributed by atoms with Gasteiger partial charge in [-0.2, -0.15) is 0 Å². The van der Waals surface area contributed by atoms with Crippen LogP contribution in [0.4, 0.5) is 5.69 Å². The molecule has 0 spiro atoms. The van der Waals surface area contributed by atoms with Gasteiger partial charge in [-0.1, -0.05) is 27.7 Å². The van der Waals surface area contributed by atoms with Crippen LogP contribution in [0.1, 0.15) is 103 Å². The number of likely N-dealkylation sites (tertiary alicyclic amines) is 1. The second-order valence-corrected chi connectivity index (χ2v) is 14.0. The van der Waals surface area contributed by atoms with Crippen molar-refractivity contribution in [1.82, 2.24) is 4.90 Å². The lowest BCUT2D eigenvalue weighted by molar-refractivity contribution is -0.167. The highest BCUT2D eigenvalue weighted by atomic mass is 16.2. The zero-order valence-corrected chi connectivity index (χ0v) is 24.4. The van der Waals surface area contributed by atoms with Crippen LogP contribution < -0.4 is 5.32 Å². The first kappa shape index (κ1) is 27.4. The molecule has 1 heterocycles. The minimum Gasteiger partial charge on any atom is -0.342 e. The molecule has 5 rings (SSSR count). The van der Waals surface area contributed by atoms with Gasteiger partial charge >= 0.3 is 0 Å². The Bertz CT molecular complexity index is 1080. The fourth-order valence-corrected chi connectivity index (χ4v) is 10.0. The van der Waals surface area contributed by atoms with E-state index < -0.39 is 0 Å². The predicted octanol–water partition coefficient (Wildman–Crippen LogP) is 6.97. The number of carbonyl (C=O) groups is 3. The van der Waals surface area contributed by atoms with Crippen molar-refractivity contribution in [3.05, 3.63) is 29.8 Å². The molecule has 0 radical (unpaired) electrons. The number of nitrogens with zero attached hydrogens (tertiary/aromatic N) is 1. The summed E-state index contributed by atoms with van der Waals surface area (Å²) in [6.45, 7) is 11.5. The summed E-state index contributed by atoms with van der Waals surface area (Å²) >= 11 is 0. The quantitative estimate of drug-likeness (QED) is 0.412. The number of nitrogens with one attached hydrogen (secondary N) is 1. The van der Waals surface area contributed by atoms with Crippen molar-refractivity contribution >= 4 is 23.3 Å². The second kappa shape index (κ2) is 10.1. The lowest BCUT2D eigenvalue weighted by atomic mass is 9.44. The topological polar surface area (TPSA) is 66.5 Å². The maximum Gasteiger partial charge on any atom is 0.224 e. The Morgan fingerprint density at radius 3 is 2.42 bits per heavy atom. The number of anilines is 1. The molecule has 4 aliphatic rings.